The van der Waals surface area contributed by atoms with Gasteiger partial charge in [0.25, 0.3) is 0 Å². The molecule has 2 aliphatic rings. The lowest BCUT2D eigenvalue weighted by molar-refractivity contribution is 0.249. The van der Waals surface area contributed by atoms with Gasteiger partial charge in [-0.3, -0.25) is 0 Å². The van der Waals surface area contributed by atoms with Crippen LogP contribution in [0.2, 0.25) is 0 Å². The number of hydrogen-bond acceptors (Lipinski definition) is 4. The van der Waals surface area contributed by atoms with Crippen molar-refractivity contribution in [3.8, 4) is 0 Å². The second kappa shape index (κ2) is 6.89. The van der Waals surface area contributed by atoms with Crippen LogP contribution in [0.25, 0.3) is 0 Å². The molecule has 2 aromatic rings. The van der Waals surface area contributed by atoms with Gasteiger partial charge in [0.05, 0.1) is 15.0 Å². The van der Waals surface area contributed by atoms with Gasteiger partial charge in [-0.05, 0) is 56.0 Å². The van der Waals surface area contributed by atoms with E-state index < -0.39 is 48.8 Å². The highest BCUT2D eigenvalue weighted by molar-refractivity contribution is 7.92. The second-order valence-electron chi connectivity index (χ2n) is 7.25. The Kier molecular flexibility index (Phi) is 4.79. The van der Waals surface area contributed by atoms with Gasteiger partial charge in [-0.15, -0.1) is 0 Å². The molecule has 2 unspecified atom stereocenters. The van der Waals surface area contributed by atoms with E-state index in [0.717, 1.165) is 12.1 Å². The van der Waals surface area contributed by atoms with Gasteiger partial charge < -0.3 is 0 Å². The fourth-order valence-corrected chi connectivity index (χ4v) is 8.07. The monoisotopic (exact) mass is 427 g/mol. The minimum absolute atomic E-state index is 0.191. The summed E-state index contributed by atoms with van der Waals surface area (Å²) in [5.74, 6) is -2.34. The lowest BCUT2D eigenvalue weighted by Crippen LogP contribution is -2.49. The minimum atomic E-state index is -4.04. The highest BCUT2D eigenvalue weighted by Gasteiger charge is 2.50. The van der Waals surface area contributed by atoms with Crippen molar-refractivity contribution < 1.29 is 25.6 Å². The molecule has 2 fully saturated rings. The fourth-order valence-electron chi connectivity index (χ4n) is 4.29. The van der Waals surface area contributed by atoms with Crippen LogP contribution in [0.15, 0.2) is 58.3 Å². The highest BCUT2D eigenvalue weighted by Crippen LogP contribution is 2.42. The zero-order valence-corrected chi connectivity index (χ0v) is 16.5. The quantitative estimate of drug-likeness (QED) is 0.752. The van der Waals surface area contributed by atoms with Crippen molar-refractivity contribution in [2.24, 2.45) is 0 Å². The van der Waals surface area contributed by atoms with E-state index in [1.807, 2.05) is 0 Å². The van der Waals surface area contributed by atoms with Crippen molar-refractivity contribution in [2.75, 3.05) is 0 Å². The summed E-state index contributed by atoms with van der Waals surface area (Å²) in [6.07, 6.45) is 1.48. The number of sulfone groups is 1. The standard InChI is InChI=1S/C19H19F2NO4S2/c20-18-9-8-16(12-19(18)21)28(25,26)22-13-6-7-14(22)11-17(10-13)27(23,24)15-4-2-1-3-5-15/h1-5,8-9,12-14,17H,6-7,10-11H2. The Morgan fingerprint density at radius 2 is 1.39 bits per heavy atom. The maximum absolute atomic E-state index is 13.6. The summed E-state index contributed by atoms with van der Waals surface area (Å²) in [5, 5.41) is -0.663. The van der Waals surface area contributed by atoms with Gasteiger partial charge in [-0.2, -0.15) is 4.31 Å². The average molecular weight is 427 g/mol. The predicted octanol–water partition coefficient (Wildman–Crippen LogP) is 3.12. The van der Waals surface area contributed by atoms with E-state index in [4.69, 9.17) is 0 Å². The first-order valence-electron chi connectivity index (χ1n) is 8.99. The number of hydrogen-bond donors (Lipinski definition) is 0. The van der Waals surface area contributed by atoms with Gasteiger partial charge in [0, 0.05) is 12.1 Å². The van der Waals surface area contributed by atoms with Gasteiger partial charge in [0.1, 0.15) is 0 Å². The third-order valence-electron chi connectivity index (χ3n) is 5.60. The van der Waals surface area contributed by atoms with Crippen LogP contribution in [-0.2, 0) is 19.9 Å². The summed E-state index contributed by atoms with van der Waals surface area (Å²) in [6.45, 7) is 0. The second-order valence-corrected chi connectivity index (χ2v) is 11.3. The van der Waals surface area contributed by atoms with Crippen LogP contribution >= 0.6 is 0 Å². The molecule has 2 saturated heterocycles. The molecule has 2 atom stereocenters. The zero-order chi connectivity index (χ0) is 20.1. The molecule has 28 heavy (non-hydrogen) atoms. The number of sulfonamides is 1. The highest BCUT2D eigenvalue weighted by atomic mass is 32.2. The van der Waals surface area contributed by atoms with Crippen LogP contribution in [-0.4, -0.2) is 38.5 Å². The zero-order valence-electron chi connectivity index (χ0n) is 14.8. The molecule has 0 saturated carbocycles. The molecule has 0 amide bonds. The van der Waals surface area contributed by atoms with Crippen LogP contribution in [0, 0.1) is 11.6 Å². The number of rotatable bonds is 4. The molecule has 0 N–H and O–H groups in total. The fraction of sp³-hybridized carbons (Fsp3) is 0.368. The van der Waals surface area contributed by atoms with E-state index in [-0.39, 0.29) is 22.6 Å². The Morgan fingerprint density at radius 3 is 1.96 bits per heavy atom. The number of halogens is 2. The lowest BCUT2D eigenvalue weighted by Gasteiger charge is -2.37. The van der Waals surface area contributed by atoms with Crippen molar-refractivity contribution >= 4 is 19.9 Å². The molecular formula is C19H19F2NO4S2. The molecule has 0 aromatic heterocycles. The predicted molar refractivity (Wildman–Crippen MR) is 98.8 cm³/mol. The summed E-state index contributed by atoms with van der Waals surface area (Å²) in [6, 6.07) is 9.70. The van der Waals surface area contributed by atoms with Gasteiger partial charge in [-0.1, -0.05) is 18.2 Å². The third-order valence-corrected chi connectivity index (χ3v) is 9.79. The molecule has 4 rings (SSSR count). The van der Waals surface area contributed by atoms with Crippen LogP contribution in [0.5, 0.6) is 0 Å². The average Bonchev–Trinajstić information content (AvgIpc) is 2.95. The third kappa shape index (κ3) is 3.15. The molecule has 2 heterocycles. The van der Waals surface area contributed by atoms with Crippen LogP contribution < -0.4 is 0 Å². The molecule has 2 aliphatic heterocycles. The largest absolute Gasteiger partial charge is 0.243 e. The first-order chi connectivity index (χ1) is 13.2. The van der Waals surface area contributed by atoms with Crippen molar-refractivity contribution in [3.63, 3.8) is 0 Å². The Bertz CT molecular complexity index is 1090. The SMILES string of the molecule is O=S(=O)(c1ccccc1)C1CC2CCC(C1)N2S(=O)(=O)c1ccc(F)c(F)c1. The molecule has 150 valence electrons. The van der Waals surface area contributed by atoms with Crippen molar-refractivity contribution in [2.45, 2.75) is 52.8 Å². The van der Waals surface area contributed by atoms with E-state index in [1.165, 1.54) is 4.31 Å². The van der Waals surface area contributed by atoms with Gasteiger partial charge in [0.15, 0.2) is 21.5 Å². The van der Waals surface area contributed by atoms with Crippen molar-refractivity contribution in [1.82, 2.24) is 4.31 Å². The van der Waals surface area contributed by atoms with Gasteiger partial charge in [-0.25, -0.2) is 25.6 Å². The molecule has 2 aromatic carbocycles. The van der Waals surface area contributed by atoms with E-state index in [1.54, 1.807) is 30.3 Å². The minimum Gasteiger partial charge on any atom is -0.223 e. The van der Waals surface area contributed by atoms with Gasteiger partial charge >= 0.3 is 0 Å². The summed E-state index contributed by atoms with van der Waals surface area (Å²) in [5.41, 5.74) is 0. The number of fused-ring (bicyclic) bond motifs is 2. The molecule has 0 spiro atoms. The molecule has 0 radical (unpaired) electrons. The van der Waals surface area contributed by atoms with E-state index in [2.05, 4.69) is 0 Å². The normalized spacial score (nSPS) is 25.7. The summed E-state index contributed by atoms with van der Waals surface area (Å²) >= 11 is 0. The maximum atomic E-state index is 13.6. The molecular weight excluding hydrogens is 408 g/mol. The maximum Gasteiger partial charge on any atom is 0.243 e. The first kappa shape index (κ1) is 19.5. The Labute approximate surface area is 163 Å². The summed E-state index contributed by atoms with van der Waals surface area (Å²) in [4.78, 5) is -0.0796. The lowest BCUT2D eigenvalue weighted by atomic mass is 10.1. The van der Waals surface area contributed by atoms with Gasteiger partial charge in [0.2, 0.25) is 10.0 Å². The van der Waals surface area contributed by atoms with Crippen LogP contribution in [0.3, 0.4) is 0 Å². The Hall–Kier alpha value is -1.84. The molecule has 9 heteroatoms. The number of piperidine rings is 1. The van der Waals surface area contributed by atoms with E-state index >= 15 is 0 Å². The van der Waals surface area contributed by atoms with Crippen molar-refractivity contribution in [3.05, 3.63) is 60.2 Å². The smallest absolute Gasteiger partial charge is 0.223 e. The number of nitrogens with zero attached hydrogens (tertiary/aromatic N) is 1. The topological polar surface area (TPSA) is 71.5 Å². The Balaban J connectivity index is 1.63. The molecule has 2 bridgehead atoms. The van der Waals surface area contributed by atoms with Crippen LogP contribution in [0.4, 0.5) is 8.78 Å². The number of benzene rings is 2. The molecule has 0 aliphatic carbocycles. The van der Waals surface area contributed by atoms with Crippen LogP contribution in [0.1, 0.15) is 25.7 Å². The summed E-state index contributed by atoms with van der Waals surface area (Å²) < 4.78 is 80.0. The Morgan fingerprint density at radius 1 is 0.786 bits per heavy atom. The van der Waals surface area contributed by atoms with Crippen molar-refractivity contribution in [1.29, 1.82) is 0 Å². The summed E-state index contributed by atoms with van der Waals surface area (Å²) in [7, 11) is -7.60. The van der Waals surface area contributed by atoms with E-state index in [9.17, 15) is 25.6 Å². The molecule has 5 nitrogen and oxygen atoms in total. The van der Waals surface area contributed by atoms with E-state index in [0.29, 0.717) is 18.9 Å². The first-order valence-corrected chi connectivity index (χ1v) is 12.0.